The van der Waals surface area contributed by atoms with E-state index in [4.69, 9.17) is 14.5 Å². The highest BCUT2D eigenvalue weighted by Gasteiger charge is 2.16. The number of hydrogen-bond acceptors (Lipinski definition) is 8. The molecular weight excluding hydrogens is 424 g/mol. The molecule has 0 saturated heterocycles. The lowest BCUT2D eigenvalue weighted by molar-refractivity contribution is 0.356. The molecule has 4 aromatic rings. The van der Waals surface area contributed by atoms with E-state index in [2.05, 4.69) is 37.7 Å². The first-order chi connectivity index (χ1) is 14.2. The zero-order chi connectivity index (χ0) is 20.2. The highest BCUT2D eigenvalue weighted by atomic mass is 32.2. The summed E-state index contributed by atoms with van der Waals surface area (Å²) >= 11 is 4.97. The van der Waals surface area contributed by atoms with Crippen LogP contribution in [0.4, 0.5) is 0 Å². The predicted molar refractivity (Wildman–Crippen MR) is 118 cm³/mol. The second-order valence-corrected chi connectivity index (χ2v) is 9.02. The molecule has 4 rings (SSSR count). The molecule has 3 aromatic heterocycles. The van der Waals surface area contributed by atoms with E-state index in [1.165, 1.54) is 4.88 Å². The quantitative estimate of drug-likeness (QED) is 0.360. The molecule has 0 saturated carbocycles. The Kier molecular flexibility index (Phi) is 6.17. The van der Waals surface area contributed by atoms with Gasteiger partial charge in [-0.15, -0.1) is 32.9 Å². The summed E-state index contributed by atoms with van der Waals surface area (Å²) in [4.78, 5) is 6.07. The van der Waals surface area contributed by atoms with Gasteiger partial charge in [0.05, 0.1) is 25.5 Å². The molecule has 0 fully saturated rings. The number of hydrogen-bond donors (Lipinski definition) is 0. The van der Waals surface area contributed by atoms with Crippen molar-refractivity contribution in [2.45, 2.75) is 17.3 Å². The molecule has 0 spiro atoms. The zero-order valence-corrected chi connectivity index (χ0v) is 18.7. The maximum Gasteiger partial charge on any atom is 0.191 e. The molecule has 0 N–H and O–H groups in total. The molecule has 0 aliphatic rings. The van der Waals surface area contributed by atoms with Gasteiger partial charge in [-0.1, -0.05) is 23.9 Å². The van der Waals surface area contributed by atoms with Crippen LogP contribution in [-0.2, 0) is 19.2 Å². The Balaban J connectivity index is 1.46. The van der Waals surface area contributed by atoms with Crippen molar-refractivity contribution >= 4 is 34.4 Å². The van der Waals surface area contributed by atoms with E-state index in [1.807, 2.05) is 25.2 Å². The second kappa shape index (κ2) is 8.98. The molecule has 3 heterocycles. The molecular formula is C20H20N4O2S3. The number of thiazole rings is 1. The summed E-state index contributed by atoms with van der Waals surface area (Å²) in [6.07, 6.45) is 0.804. The minimum Gasteiger partial charge on any atom is -0.493 e. The first-order valence-electron chi connectivity index (χ1n) is 8.88. The monoisotopic (exact) mass is 444 g/mol. The van der Waals surface area contributed by atoms with Crippen molar-refractivity contribution in [3.05, 3.63) is 57.5 Å². The van der Waals surface area contributed by atoms with Crippen molar-refractivity contribution in [3.8, 4) is 22.1 Å². The van der Waals surface area contributed by atoms with Crippen molar-refractivity contribution < 1.29 is 9.47 Å². The van der Waals surface area contributed by atoms with Crippen LogP contribution >= 0.6 is 34.4 Å². The third kappa shape index (κ3) is 4.31. The third-order valence-corrected chi connectivity index (χ3v) is 7.23. The maximum atomic E-state index is 5.54. The van der Waals surface area contributed by atoms with Crippen LogP contribution in [-0.4, -0.2) is 34.0 Å². The van der Waals surface area contributed by atoms with E-state index in [9.17, 15) is 0 Å². The van der Waals surface area contributed by atoms with E-state index < -0.39 is 0 Å². The topological polar surface area (TPSA) is 62.1 Å². The molecule has 0 bridgehead atoms. The molecule has 0 unspecified atom stereocenters. The number of aromatic nitrogens is 4. The van der Waals surface area contributed by atoms with Gasteiger partial charge in [0.15, 0.2) is 16.7 Å². The Hall–Kier alpha value is -2.36. The molecule has 0 aliphatic heterocycles. The van der Waals surface area contributed by atoms with Crippen LogP contribution in [0.15, 0.2) is 46.2 Å². The van der Waals surface area contributed by atoms with Crippen molar-refractivity contribution in [2.24, 2.45) is 7.05 Å². The Labute approximate surface area is 181 Å². The Morgan fingerprint density at radius 2 is 1.97 bits per heavy atom. The van der Waals surface area contributed by atoms with Gasteiger partial charge in [-0.3, -0.25) is 0 Å². The van der Waals surface area contributed by atoms with E-state index in [0.29, 0.717) is 11.5 Å². The Morgan fingerprint density at radius 1 is 1.07 bits per heavy atom. The summed E-state index contributed by atoms with van der Waals surface area (Å²) in [5.41, 5.74) is 1.94. The molecule has 150 valence electrons. The van der Waals surface area contributed by atoms with Gasteiger partial charge in [0.2, 0.25) is 0 Å². The van der Waals surface area contributed by atoms with Gasteiger partial charge in [0.25, 0.3) is 0 Å². The fraction of sp³-hybridized carbons (Fsp3) is 0.250. The number of benzene rings is 1. The zero-order valence-electron chi connectivity index (χ0n) is 16.3. The first-order valence-corrected chi connectivity index (χ1v) is 11.6. The summed E-state index contributed by atoms with van der Waals surface area (Å²) in [6, 6.07) is 10.0. The van der Waals surface area contributed by atoms with E-state index in [1.54, 1.807) is 48.7 Å². The molecule has 6 nitrogen and oxygen atoms in total. The average molecular weight is 445 g/mol. The fourth-order valence-corrected chi connectivity index (χ4v) is 5.36. The first kappa shape index (κ1) is 19.9. The number of para-hydroxylation sites is 1. The van der Waals surface area contributed by atoms with Crippen LogP contribution in [0.5, 0.6) is 11.5 Å². The average Bonchev–Trinajstić information content (AvgIpc) is 3.49. The molecule has 29 heavy (non-hydrogen) atoms. The lowest BCUT2D eigenvalue weighted by Crippen LogP contribution is -1.99. The van der Waals surface area contributed by atoms with Crippen LogP contribution in [0.2, 0.25) is 0 Å². The van der Waals surface area contributed by atoms with Gasteiger partial charge < -0.3 is 14.0 Å². The number of thioether (sulfide) groups is 1. The van der Waals surface area contributed by atoms with Crippen molar-refractivity contribution in [1.82, 2.24) is 19.7 Å². The van der Waals surface area contributed by atoms with Crippen LogP contribution in [0.25, 0.3) is 10.6 Å². The SMILES string of the molecule is COc1cccc(-c2nc(CSc3nnc(Cc4cccs4)n3C)cs2)c1OC. The van der Waals surface area contributed by atoms with Gasteiger partial charge >= 0.3 is 0 Å². The maximum absolute atomic E-state index is 5.54. The summed E-state index contributed by atoms with van der Waals surface area (Å²) in [6.45, 7) is 0. The highest BCUT2D eigenvalue weighted by molar-refractivity contribution is 7.98. The van der Waals surface area contributed by atoms with Crippen LogP contribution in [0.1, 0.15) is 16.4 Å². The summed E-state index contributed by atoms with van der Waals surface area (Å²) in [5, 5.41) is 14.7. The standard InChI is InChI=1S/C20H20N4O2S3/c1-24-17(10-14-6-5-9-27-14)22-23-20(24)29-12-13-11-28-19(21-13)15-7-4-8-16(25-2)18(15)26-3/h4-9,11H,10,12H2,1-3H3. The molecule has 0 amide bonds. The lowest BCUT2D eigenvalue weighted by atomic mass is 10.2. The molecule has 0 atom stereocenters. The van der Waals surface area contributed by atoms with Crippen LogP contribution < -0.4 is 9.47 Å². The van der Waals surface area contributed by atoms with Gasteiger partial charge in [-0.05, 0) is 23.6 Å². The van der Waals surface area contributed by atoms with E-state index in [0.717, 1.165) is 39.4 Å². The minimum absolute atomic E-state index is 0.702. The second-order valence-electron chi connectivity index (χ2n) is 6.19. The van der Waals surface area contributed by atoms with Crippen molar-refractivity contribution in [3.63, 3.8) is 0 Å². The van der Waals surface area contributed by atoms with E-state index in [-0.39, 0.29) is 0 Å². The molecule has 9 heteroatoms. The smallest absolute Gasteiger partial charge is 0.191 e. The largest absolute Gasteiger partial charge is 0.493 e. The Bertz CT molecular complexity index is 1090. The number of thiophene rings is 1. The summed E-state index contributed by atoms with van der Waals surface area (Å²) in [5.74, 6) is 3.10. The van der Waals surface area contributed by atoms with Gasteiger partial charge in [0.1, 0.15) is 10.8 Å². The van der Waals surface area contributed by atoms with Crippen LogP contribution in [0.3, 0.4) is 0 Å². The normalized spacial score (nSPS) is 11.0. The number of ether oxygens (including phenoxy) is 2. The summed E-state index contributed by atoms with van der Waals surface area (Å²) in [7, 11) is 5.30. The molecule has 0 aliphatic carbocycles. The fourth-order valence-electron chi connectivity index (χ4n) is 2.88. The highest BCUT2D eigenvalue weighted by Crippen LogP contribution is 2.39. The molecule has 1 aromatic carbocycles. The lowest BCUT2D eigenvalue weighted by Gasteiger charge is -2.10. The predicted octanol–water partition coefficient (Wildman–Crippen LogP) is 4.90. The number of methoxy groups -OCH3 is 2. The molecule has 0 radical (unpaired) electrons. The van der Waals surface area contributed by atoms with Gasteiger partial charge in [-0.25, -0.2) is 4.98 Å². The number of rotatable bonds is 8. The van der Waals surface area contributed by atoms with Gasteiger partial charge in [0, 0.05) is 29.5 Å². The minimum atomic E-state index is 0.702. The van der Waals surface area contributed by atoms with Crippen molar-refractivity contribution in [2.75, 3.05) is 14.2 Å². The third-order valence-electron chi connectivity index (χ3n) is 4.37. The number of nitrogens with zero attached hydrogens (tertiary/aromatic N) is 4. The summed E-state index contributed by atoms with van der Waals surface area (Å²) < 4.78 is 13.0. The van der Waals surface area contributed by atoms with E-state index >= 15 is 0 Å². The van der Waals surface area contributed by atoms with Crippen molar-refractivity contribution in [1.29, 1.82) is 0 Å². The Morgan fingerprint density at radius 3 is 2.72 bits per heavy atom. The van der Waals surface area contributed by atoms with Gasteiger partial charge in [-0.2, -0.15) is 0 Å². The van der Waals surface area contributed by atoms with Crippen LogP contribution in [0, 0.1) is 0 Å².